The summed E-state index contributed by atoms with van der Waals surface area (Å²) < 4.78 is 34.4. The minimum Gasteiger partial charge on any atom is -0.495 e. The average molecular weight is 488 g/mol. The standard InChI is InChI=1S/C25H33N3O5S/c1-19(29)28-13-6-7-21-20(10-11-24(25(21)28)33-34(3,30)31)12-14-26-15-17-27(18-16-26)22-8-4-5-9-23(22)32-2/h4-5,8-11H,6-7,12-18H2,1-3H3. The number of anilines is 2. The highest BCUT2D eigenvalue weighted by atomic mass is 32.2. The van der Waals surface area contributed by atoms with Gasteiger partial charge in [0, 0.05) is 46.2 Å². The van der Waals surface area contributed by atoms with Crippen LogP contribution in [0.1, 0.15) is 24.5 Å². The molecule has 8 nitrogen and oxygen atoms in total. The molecule has 4 rings (SSSR count). The number of fused-ring (bicyclic) bond motifs is 1. The van der Waals surface area contributed by atoms with Crippen LogP contribution in [0.5, 0.6) is 11.5 Å². The summed E-state index contributed by atoms with van der Waals surface area (Å²) in [5.74, 6) is 1.03. The van der Waals surface area contributed by atoms with Crippen molar-refractivity contribution in [2.75, 3.05) is 62.4 Å². The highest BCUT2D eigenvalue weighted by Gasteiger charge is 2.28. The molecule has 0 radical (unpaired) electrons. The largest absolute Gasteiger partial charge is 0.495 e. The lowest BCUT2D eigenvalue weighted by Crippen LogP contribution is -2.47. The van der Waals surface area contributed by atoms with Crippen molar-refractivity contribution in [3.05, 3.63) is 47.5 Å². The SMILES string of the molecule is COc1ccccc1N1CCN(CCc2ccc(OS(C)(=O)=O)c3c2CCCN3C(C)=O)CC1. The Balaban J connectivity index is 1.47. The van der Waals surface area contributed by atoms with Gasteiger partial charge in [0.1, 0.15) is 5.75 Å². The Labute approximate surface area is 202 Å². The van der Waals surface area contributed by atoms with E-state index in [2.05, 4.69) is 15.9 Å². The van der Waals surface area contributed by atoms with Gasteiger partial charge in [0.15, 0.2) is 5.75 Å². The molecule has 1 fully saturated rings. The lowest BCUT2D eigenvalue weighted by Gasteiger charge is -2.37. The third-order valence-electron chi connectivity index (χ3n) is 6.54. The predicted octanol–water partition coefficient (Wildman–Crippen LogP) is 2.70. The zero-order valence-corrected chi connectivity index (χ0v) is 20.9. The first kappa shape index (κ1) is 24.3. The minimum absolute atomic E-state index is 0.107. The number of ether oxygens (including phenoxy) is 1. The predicted molar refractivity (Wildman–Crippen MR) is 134 cm³/mol. The number of nitrogens with zero attached hydrogens (tertiary/aromatic N) is 3. The lowest BCUT2D eigenvalue weighted by atomic mass is 9.93. The van der Waals surface area contributed by atoms with Crippen molar-refractivity contribution in [3.8, 4) is 11.5 Å². The molecule has 2 heterocycles. The van der Waals surface area contributed by atoms with Crippen molar-refractivity contribution in [2.45, 2.75) is 26.2 Å². The van der Waals surface area contributed by atoms with Crippen LogP contribution in [0.2, 0.25) is 0 Å². The Morgan fingerprint density at radius 3 is 2.41 bits per heavy atom. The van der Waals surface area contributed by atoms with E-state index >= 15 is 0 Å². The van der Waals surface area contributed by atoms with E-state index in [9.17, 15) is 13.2 Å². The van der Waals surface area contributed by atoms with E-state index < -0.39 is 10.1 Å². The van der Waals surface area contributed by atoms with Crippen LogP contribution in [0.25, 0.3) is 0 Å². The molecule has 34 heavy (non-hydrogen) atoms. The van der Waals surface area contributed by atoms with Gasteiger partial charge in [-0.25, -0.2) is 0 Å². The second kappa shape index (κ2) is 10.2. The van der Waals surface area contributed by atoms with Gasteiger partial charge in [-0.1, -0.05) is 18.2 Å². The summed E-state index contributed by atoms with van der Waals surface area (Å²) in [5, 5.41) is 0. The molecular formula is C25H33N3O5S. The molecule has 2 aromatic rings. The molecule has 184 valence electrons. The number of methoxy groups -OCH3 is 1. The molecule has 0 aliphatic carbocycles. The average Bonchev–Trinajstić information content (AvgIpc) is 2.82. The van der Waals surface area contributed by atoms with Crippen molar-refractivity contribution in [2.24, 2.45) is 0 Å². The Kier molecular flexibility index (Phi) is 7.33. The number of para-hydroxylation sites is 2. The molecule has 0 N–H and O–H groups in total. The van der Waals surface area contributed by atoms with Gasteiger partial charge in [0.25, 0.3) is 0 Å². The summed E-state index contributed by atoms with van der Waals surface area (Å²) in [7, 11) is -1.99. The van der Waals surface area contributed by atoms with Crippen LogP contribution in [-0.2, 0) is 27.8 Å². The van der Waals surface area contributed by atoms with Gasteiger partial charge < -0.3 is 18.7 Å². The summed E-state index contributed by atoms with van der Waals surface area (Å²) >= 11 is 0. The first-order valence-electron chi connectivity index (χ1n) is 11.7. The fourth-order valence-electron chi connectivity index (χ4n) is 4.92. The number of carbonyl (C=O) groups is 1. The maximum atomic E-state index is 12.3. The number of hydrogen-bond donors (Lipinski definition) is 0. The third-order valence-corrected chi connectivity index (χ3v) is 7.02. The van der Waals surface area contributed by atoms with Crippen LogP contribution in [0.15, 0.2) is 36.4 Å². The summed E-state index contributed by atoms with van der Waals surface area (Å²) in [5.41, 5.74) is 3.91. The molecule has 0 bridgehead atoms. The number of carbonyl (C=O) groups excluding carboxylic acids is 1. The molecule has 0 unspecified atom stereocenters. The Morgan fingerprint density at radius 1 is 1.00 bits per heavy atom. The highest BCUT2D eigenvalue weighted by Crippen LogP contribution is 2.39. The van der Waals surface area contributed by atoms with Crippen LogP contribution in [0, 0.1) is 0 Å². The molecule has 0 spiro atoms. The van der Waals surface area contributed by atoms with E-state index in [0.717, 1.165) is 80.8 Å². The van der Waals surface area contributed by atoms with Crippen LogP contribution < -0.4 is 18.7 Å². The number of amides is 1. The zero-order chi connectivity index (χ0) is 24.3. The number of benzene rings is 2. The van der Waals surface area contributed by atoms with E-state index in [4.69, 9.17) is 8.92 Å². The van der Waals surface area contributed by atoms with Gasteiger partial charge in [-0.05, 0) is 48.6 Å². The number of piperazine rings is 1. The molecule has 0 aromatic heterocycles. The van der Waals surface area contributed by atoms with Crippen LogP contribution in [-0.4, -0.2) is 71.9 Å². The molecule has 2 aromatic carbocycles. The van der Waals surface area contributed by atoms with Gasteiger partial charge in [0.05, 0.1) is 24.7 Å². The molecule has 1 amide bonds. The van der Waals surface area contributed by atoms with E-state index in [1.807, 2.05) is 24.3 Å². The fourth-order valence-corrected chi connectivity index (χ4v) is 5.38. The second-order valence-electron chi connectivity index (χ2n) is 8.86. The van der Waals surface area contributed by atoms with Gasteiger partial charge in [0.2, 0.25) is 5.91 Å². The molecule has 0 atom stereocenters. The maximum Gasteiger partial charge on any atom is 0.306 e. The molecular weight excluding hydrogens is 454 g/mol. The smallest absolute Gasteiger partial charge is 0.306 e. The van der Waals surface area contributed by atoms with Crippen LogP contribution in [0.3, 0.4) is 0 Å². The van der Waals surface area contributed by atoms with Crippen molar-refractivity contribution in [1.82, 2.24) is 4.90 Å². The van der Waals surface area contributed by atoms with E-state index in [-0.39, 0.29) is 11.7 Å². The Morgan fingerprint density at radius 2 is 1.74 bits per heavy atom. The first-order valence-corrected chi connectivity index (χ1v) is 13.5. The lowest BCUT2D eigenvalue weighted by molar-refractivity contribution is -0.116. The Hall–Kier alpha value is -2.78. The molecule has 2 aliphatic rings. The third kappa shape index (κ3) is 5.47. The molecule has 1 saturated heterocycles. The van der Waals surface area contributed by atoms with Gasteiger partial charge in [-0.15, -0.1) is 0 Å². The highest BCUT2D eigenvalue weighted by molar-refractivity contribution is 7.86. The molecule has 9 heteroatoms. The van der Waals surface area contributed by atoms with Gasteiger partial charge in [-0.2, -0.15) is 8.42 Å². The minimum atomic E-state index is -3.70. The van der Waals surface area contributed by atoms with E-state index in [0.29, 0.717) is 12.2 Å². The summed E-state index contributed by atoms with van der Waals surface area (Å²) in [6.45, 7) is 6.74. The Bertz CT molecular complexity index is 1140. The van der Waals surface area contributed by atoms with Crippen LogP contribution in [0.4, 0.5) is 11.4 Å². The topological polar surface area (TPSA) is 79.4 Å². The van der Waals surface area contributed by atoms with E-state index in [1.54, 1.807) is 18.1 Å². The summed E-state index contributed by atoms with van der Waals surface area (Å²) in [6, 6.07) is 11.8. The monoisotopic (exact) mass is 487 g/mol. The maximum absolute atomic E-state index is 12.3. The quantitative estimate of drug-likeness (QED) is 0.556. The van der Waals surface area contributed by atoms with Crippen LogP contribution >= 0.6 is 0 Å². The zero-order valence-electron chi connectivity index (χ0n) is 20.1. The van der Waals surface area contributed by atoms with Gasteiger partial charge in [-0.3, -0.25) is 9.69 Å². The van der Waals surface area contributed by atoms with Gasteiger partial charge >= 0.3 is 10.1 Å². The normalized spacial score (nSPS) is 16.8. The van der Waals surface area contributed by atoms with Crippen molar-refractivity contribution in [1.29, 1.82) is 0 Å². The number of rotatable bonds is 7. The summed E-state index contributed by atoms with van der Waals surface area (Å²) in [4.78, 5) is 18.7. The molecule has 0 saturated carbocycles. The van der Waals surface area contributed by atoms with Crippen molar-refractivity contribution >= 4 is 27.4 Å². The van der Waals surface area contributed by atoms with E-state index in [1.165, 1.54) is 6.92 Å². The molecule has 2 aliphatic heterocycles. The fraction of sp³-hybridized carbons (Fsp3) is 0.480. The number of hydrogen-bond acceptors (Lipinski definition) is 7. The second-order valence-corrected chi connectivity index (χ2v) is 10.4. The van der Waals surface area contributed by atoms with Crippen molar-refractivity contribution in [3.63, 3.8) is 0 Å². The summed E-state index contributed by atoms with van der Waals surface area (Å²) in [6.07, 6.45) is 3.51. The first-order chi connectivity index (χ1) is 16.3. The van der Waals surface area contributed by atoms with Crippen molar-refractivity contribution < 1.29 is 22.1 Å².